The monoisotopic (exact) mass is 172 g/mol. The van der Waals surface area contributed by atoms with Crippen LogP contribution in [0.25, 0.3) is 0 Å². The van der Waals surface area contributed by atoms with Gasteiger partial charge in [-0.1, -0.05) is 13.3 Å². The Morgan fingerprint density at radius 3 is 2.83 bits per heavy atom. The number of carbonyl (C=O) groups excluding carboxylic acids is 1. The third-order valence-electron chi connectivity index (χ3n) is 1.35. The minimum absolute atomic E-state index is 0.609. The Hall–Kier alpha value is -0.830. The SMILES string of the molecule is CCCCC=COC(=O)C(C)O. The molecule has 0 heterocycles. The fourth-order valence-corrected chi connectivity index (χ4v) is 0.604. The summed E-state index contributed by atoms with van der Waals surface area (Å²) in [5.41, 5.74) is 0. The Bertz CT molecular complexity index is 150. The second-order valence-electron chi connectivity index (χ2n) is 2.63. The zero-order valence-electron chi connectivity index (χ0n) is 7.62. The van der Waals surface area contributed by atoms with E-state index in [1.54, 1.807) is 6.08 Å². The topological polar surface area (TPSA) is 46.5 Å². The minimum Gasteiger partial charge on any atom is -0.433 e. The van der Waals surface area contributed by atoms with E-state index in [-0.39, 0.29) is 0 Å². The first-order valence-corrected chi connectivity index (χ1v) is 4.22. The Morgan fingerprint density at radius 2 is 2.33 bits per heavy atom. The summed E-state index contributed by atoms with van der Waals surface area (Å²) >= 11 is 0. The molecule has 0 saturated carbocycles. The average Bonchev–Trinajstić information content (AvgIpc) is 2.03. The van der Waals surface area contributed by atoms with Gasteiger partial charge in [0.15, 0.2) is 0 Å². The number of hydrogen-bond acceptors (Lipinski definition) is 3. The van der Waals surface area contributed by atoms with Gasteiger partial charge >= 0.3 is 5.97 Å². The molecule has 1 atom stereocenters. The van der Waals surface area contributed by atoms with Crippen molar-refractivity contribution < 1.29 is 14.6 Å². The molecule has 1 unspecified atom stereocenters. The predicted molar refractivity (Wildman–Crippen MR) is 46.4 cm³/mol. The number of unbranched alkanes of at least 4 members (excludes halogenated alkanes) is 2. The molecule has 3 nitrogen and oxygen atoms in total. The Balaban J connectivity index is 3.40. The molecular formula is C9H16O3. The highest BCUT2D eigenvalue weighted by atomic mass is 16.5. The lowest BCUT2D eigenvalue weighted by Gasteiger charge is -1.99. The van der Waals surface area contributed by atoms with E-state index < -0.39 is 12.1 Å². The standard InChI is InChI=1S/C9H16O3/c1-3-4-5-6-7-12-9(11)8(2)10/h6-8,10H,3-5H2,1-2H3. The highest BCUT2D eigenvalue weighted by Crippen LogP contribution is 1.95. The lowest BCUT2D eigenvalue weighted by Crippen LogP contribution is -2.16. The fraction of sp³-hybridized carbons (Fsp3) is 0.667. The number of aliphatic hydroxyl groups is 1. The number of carbonyl (C=O) groups is 1. The van der Waals surface area contributed by atoms with Gasteiger partial charge in [-0.3, -0.25) is 0 Å². The van der Waals surface area contributed by atoms with Gasteiger partial charge in [0.25, 0.3) is 0 Å². The summed E-state index contributed by atoms with van der Waals surface area (Å²) in [6, 6.07) is 0. The Kier molecular flexibility index (Phi) is 6.38. The van der Waals surface area contributed by atoms with Crippen molar-refractivity contribution in [2.75, 3.05) is 0 Å². The third-order valence-corrected chi connectivity index (χ3v) is 1.35. The van der Waals surface area contributed by atoms with Gasteiger partial charge in [0.2, 0.25) is 0 Å². The van der Waals surface area contributed by atoms with E-state index >= 15 is 0 Å². The number of hydrogen-bond donors (Lipinski definition) is 1. The van der Waals surface area contributed by atoms with Crippen molar-refractivity contribution in [2.45, 2.75) is 39.2 Å². The van der Waals surface area contributed by atoms with E-state index in [4.69, 9.17) is 5.11 Å². The van der Waals surface area contributed by atoms with Crippen molar-refractivity contribution in [1.82, 2.24) is 0 Å². The molecule has 0 aliphatic carbocycles. The molecule has 0 saturated heterocycles. The molecule has 1 N–H and O–H groups in total. The smallest absolute Gasteiger partial charge is 0.339 e. The highest BCUT2D eigenvalue weighted by molar-refractivity contribution is 5.74. The van der Waals surface area contributed by atoms with Crippen LogP contribution in [0.15, 0.2) is 12.3 Å². The van der Waals surface area contributed by atoms with Crippen molar-refractivity contribution in [3.8, 4) is 0 Å². The molecule has 0 aromatic heterocycles. The first-order chi connectivity index (χ1) is 5.68. The molecule has 12 heavy (non-hydrogen) atoms. The van der Waals surface area contributed by atoms with Gasteiger partial charge in [-0.05, 0) is 25.8 Å². The van der Waals surface area contributed by atoms with E-state index in [1.165, 1.54) is 13.2 Å². The van der Waals surface area contributed by atoms with Gasteiger partial charge in [0.1, 0.15) is 6.10 Å². The van der Waals surface area contributed by atoms with E-state index in [0.29, 0.717) is 0 Å². The molecule has 70 valence electrons. The molecule has 0 aliphatic rings. The molecule has 0 radical (unpaired) electrons. The lowest BCUT2D eigenvalue weighted by molar-refractivity contribution is -0.146. The van der Waals surface area contributed by atoms with Gasteiger partial charge in [0.05, 0.1) is 6.26 Å². The molecular weight excluding hydrogens is 156 g/mol. The number of ether oxygens (including phenoxy) is 1. The summed E-state index contributed by atoms with van der Waals surface area (Å²) in [5, 5.41) is 8.72. The molecule has 0 rings (SSSR count). The molecule has 0 aliphatic heterocycles. The summed E-state index contributed by atoms with van der Waals surface area (Å²) in [7, 11) is 0. The largest absolute Gasteiger partial charge is 0.433 e. The predicted octanol–water partition coefficient (Wildman–Crippen LogP) is 1.61. The molecule has 0 spiro atoms. The number of rotatable bonds is 5. The first kappa shape index (κ1) is 11.2. The van der Waals surface area contributed by atoms with Gasteiger partial charge in [-0.2, -0.15) is 0 Å². The van der Waals surface area contributed by atoms with Crippen LogP contribution in [0, 0.1) is 0 Å². The van der Waals surface area contributed by atoms with Gasteiger partial charge in [-0.15, -0.1) is 0 Å². The average molecular weight is 172 g/mol. The first-order valence-electron chi connectivity index (χ1n) is 4.22. The van der Waals surface area contributed by atoms with Crippen LogP contribution in [0.1, 0.15) is 33.1 Å². The Morgan fingerprint density at radius 1 is 1.67 bits per heavy atom. The van der Waals surface area contributed by atoms with Gasteiger partial charge in [-0.25, -0.2) is 4.79 Å². The number of esters is 1. The van der Waals surface area contributed by atoms with E-state index in [0.717, 1.165) is 19.3 Å². The maximum Gasteiger partial charge on any atom is 0.339 e. The van der Waals surface area contributed by atoms with Crippen LogP contribution >= 0.6 is 0 Å². The quantitative estimate of drug-likeness (QED) is 0.389. The van der Waals surface area contributed by atoms with E-state index in [9.17, 15) is 4.79 Å². The molecule has 3 heteroatoms. The maximum atomic E-state index is 10.7. The summed E-state index contributed by atoms with van der Waals surface area (Å²) in [6.07, 6.45) is 5.19. The zero-order valence-corrected chi connectivity index (χ0v) is 7.62. The van der Waals surface area contributed by atoms with Crippen molar-refractivity contribution in [2.24, 2.45) is 0 Å². The molecule has 0 bridgehead atoms. The van der Waals surface area contributed by atoms with E-state index in [2.05, 4.69) is 11.7 Å². The second-order valence-corrected chi connectivity index (χ2v) is 2.63. The summed E-state index contributed by atoms with van der Waals surface area (Å²) in [6.45, 7) is 3.47. The third kappa shape index (κ3) is 5.92. The van der Waals surface area contributed by atoms with Crippen molar-refractivity contribution in [1.29, 1.82) is 0 Å². The summed E-state index contributed by atoms with van der Waals surface area (Å²) in [5.74, 6) is -0.609. The molecule has 0 amide bonds. The highest BCUT2D eigenvalue weighted by Gasteiger charge is 2.07. The van der Waals surface area contributed by atoms with Crippen molar-refractivity contribution in [3.63, 3.8) is 0 Å². The van der Waals surface area contributed by atoms with Crippen LogP contribution < -0.4 is 0 Å². The molecule has 0 fully saturated rings. The normalized spacial score (nSPS) is 13.2. The lowest BCUT2D eigenvalue weighted by atomic mass is 10.2. The van der Waals surface area contributed by atoms with Gasteiger partial charge < -0.3 is 9.84 Å². The zero-order chi connectivity index (χ0) is 9.40. The van der Waals surface area contributed by atoms with Crippen LogP contribution in [0.2, 0.25) is 0 Å². The van der Waals surface area contributed by atoms with Crippen LogP contribution in [-0.4, -0.2) is 17.2 Å². The molecule has 0 aromatic carbocycles. The molecule has 0 aromatic rings. The summed E-state index contributed by atoms with van der Waals surface area (Å²) < 4.78 is 4.58. The second kappa shape index (κ2) is 6.85. The van der Waals surface area contributed by atoms with Crippen molar-refractivity contribution in [3.05, 3.63) is 12.3 Å². The van der Waals surface area contributed by atoms with Crippen LogP contribution in [0.3, 0.4) is 0 Å². The van der Waals surface area contributed by atoms with Crippen molar-refractivity contribution >= 4 is 5.97 Å². The number of aliphatic hydroxyl groups excluding tert-OH is 1. The van der Waals surface area contributed by atoms with Crippen LogP contribution in [0.4, 0.5) is 0 Å². The van der Waals surface area contributed by atoms with E-state index in [1.807, 2.05) is 0 Å². The van der Waals surface area contributed by atoms with Gasteiger partial charge in [0, 0.05) is 0 Å². The maximum absolute atomic E-state index is 10.7. The summed E-state index contributed by atoms with van der Waals surface area (Å²) in [4.78, 5) is 10.7. The fourth-order valence-electron chi connectivity index (χ4n) is 0.604. The van der Waals surface area contributed by atoms with Crippen LogP contribution in [-0.2, 0) is 9.53 Å². The number of allylic oxidation sites excluding steroid dienone is 1. The van der Waals surface area contributed by atoms with Crippen LogP contribution in [0.5, 0.6) is 0 Å². The minimum atomic E-state index is -1.04. The Labute approximate surface area is 73.0 Å².